The number of aliphatic imine (C=N–C) groups is 1. The van der Waals surface area contributed by atoms with E-state index in [0.717, 1.165) is 61.8 Å². The molecule has 0 aliphatic heterocycles. The van der Waals surface area contributed by atoms with Crippen LogP contribution in [0, 0.1) is 13.8 Å². The quantitative estimate of drug-likeness (QED) is 0.108. The van der Waals surface area contributed by atoms with Gasteiger partial charge in [-0.1, -0.05) is 128 Å². The molecule has 52 heavy (non-hydrogen) atoms. The summed E-state index contributed by atoms with van der Waals surface area (Å²) in [6, 6.07) is 45.1. The molecule has 1 unspecified atom stereocenters. The van der Waals surface area contributed by atoms with Crippen LogP contribution in [-0.4, -0.2) is 18.7 Å². The molecule has 0 bridgehead atoms. The highest BCUT2D eigenvalue weighted by atomic mass is 32.2. The fourth-order valence-corrected chi connectivity index (χ4v) is 8.55. The summed E-state index contributed by atoms with van der Waals surface area (Å²) in [6.07, 6.45) is 10.5. The molecule has 1 aromatic heterocycles. The summed E-state index contributed by atoms with van der Waals surface area (Å²) in [5.74, 6) is 0. The molecule has 256 valence electrons. The zero-order chi connectivity index (χ0) is 36.1. The van der Waals surface area contributed by atoms with Crippen LogP contribution in [0.25, 0.3) is 44.6 Å². The van der Waals surface area contributed by atoms with Gasteiger partial charge >= 0.3 is 0 Å². The number of allylic oxidation sites excluding steroid dienone is 3. The van der Waals surface area contributed by atoms with E-state index in [-0.39, 0.29) is 0 Å². The lowest BCUT2D eigenvalue weighted by molar-refractivity contribution is 0.506. The molecule has 3 nitrogen and oxygen atoms in total. The van der Waals surface area contributed by atoms with E-state index in [0.29, 0.717) is 0 Å². The largest absolute Gasteiger partial charge is 0.303 e. The second kappa shape index (κ2) is 15.4. The third kappa shape index (κ3) is 6.76. The summed E-state index contributed by atoms with van der Waals surface area (Å²) in [5, 5.41) is 3.82. The van der Waals surface area contributed by atoms with Gasteiger partial charge in [0.2, 0.25) is 0 Å². The van der Waals surface area contributed by atoms with E-state index in [1.165, 1.54) is 33.4 Å². The van der Waals surface area contributed by atoms with Crippen LogP contribution < -0.4 is 5.32 Å². The molecular weight excluding hydrogens is 651 g/mol. The Hall–Kier alpha value is -5.55. The average molecular weight is 694 g/mol. The standard InChI is InChI=1S/C48H43N3S/c1-33-17-12-13-22-42(33)44-24-16-23-43(34(44)2)39-29-38(37-27-28-45(51-32-37)36-18-8-6-9-19-36)30-41(31-39)48(50-5,40-20-10-7-11-21-40)35(3)52-47-26-15-14-25-46(47)49-4/h6-10,12-20,22-32,50H,3-4,11,21H2,1-2,5H3. The molecule has 7 rings (SSSR count). The summed E-state index contributed by atoms with van der Waals surface area (Å²) >= 11 is 1.65. The molecule has 1 aliphatic carbocycles. The third-order valence-corrected chi connectivity index (χ3v) is 11.3. The highest BCUT2D eigenvalue weighted by Crippen LogP contribution is 2.49. The second-order valence-electron chi connectivity index (χ2n) is 13.2. The maximum atomic E-state index is 4.95. The Morgan fingerprint density at radius 3 is 2.21 bits per heavy atom. The molecule has 0 amide bonds. The van der Waals surface area contributed by atoms with Crippen molar-refractivity contribution in [3.8, 4) is 44.6 Å². The van der Waals surface area contributed by atoms with Gasteiger partial charge in [-0.15, -0.1) is 0 Å². The Balaban J connectivity index is 1.45. The summed E-state index contributed by atoms with van der Waals surface area (Å²) in [6.45, 7) is 13.1. The number of aryl methyl sites for hydroxylation is 1. The zero-order valence-corrected chi connectivity index (χ0v) is 30.9. The number of hydrogen-bond acceptors (Lipinski definition) is 4. The van der Waals surface area contributed by atoms with Gasteiger partial charge in [-0.2, -0.15) is 0 Å². The Morgan fingerprint density at radius 2 is 1.48 bits per heavy atom. The zero-order valence-electron chi connectivity index (χ0n) is 30.1. The van der Waals surface area contributed by atoms with E-state index in [1.54, 1.807) is 11.8 Å². The fourth-order valence-electron chi connectivity index (χ4n) is 7.39. The minimum absolute atomic E-state index is 0.687. The van der Waals surface area contributed by atoms with E-state index in [2.05, 4.69) is 159 Å². The molecule has 4 heteroatoms. The Kier molecular flexibility index (Phi) is 10.3. The summed E-state index contributed by atoms with van der Waals surface area (Å²) in [5.41, 5.74) is 14.1. The van der Waals surface area contributed by atoms with Crippen molar-refractivity contribution in [1.29, 1.82) is 0 Å². The predicted octanol–water partition coefficient (Wildman–Crippen LogP) is 12.7. The van der Waals surface area contributed by atoms with E-state index in [9.17, 15) is 0 Å². The van der Waals surface area contributed by atoms with Crippen molar-refractivity contribution in [3.05, 3.63) is 186 Å². The highest BCUT2D eigenvalue weighted by Gasteiger charge is 2.39. The first-order valence-electron chi connectivity index (χ1n) is 17.7. The third-order valence-electron chi connectivity index (χ3n) is 10.2. The molecule has 1 heterocycles. The number of pyridine rings is 1. The maximum absolute atomic E-state index is 4.95. The van der Waals surface area contributed by atoms with Gasteiger partial charge in [-0.05, 0) is 127 Å². The van der Waals surface area contributed by atoms with Crippen LogP contribution in [0.4, 0.5) is 5.69 Å². The van der Waals surface area contributed by atoms with Crippen molar-refractivity contribution in [2.75, 3.05) is 7.05 Å². The molecule has 1 N–H and O–H groups in total. The number of benzene rings is 5. The van der Waals surface area contributed by atoms with Gasteiger partial charge in [0.05, 0.1) is 16.9 Å². The molecule has 1 aliphatic rings. The Bertz CT molecular complexity index is 2320. The first kappa shape index (κ1) is 34.9. The Labute approximate surface area is 312 Å². The van der Waals surface area contributed by atoms with Crippen molar-refractivity contribution in [3.63, 3.8) is 0 Å². The first-order chi connectivity index (χ1) is 25.4. The van der Waals surface area contributed by atoms with Crippen LogP contribution in [0.1, 0.15) is 29.5 Å². The topological polar surface area (TPSA) is 37.3 Å². The molecule has 0 fully saturated rings. The minimum atomic E-state index is -0.687. The van der Waals surface area contributed by atoms with Crippen LogP contribution in [-0.2, 0) is 5.54 Å². The number of nitrogens with one attached hydrogen (secondary N) is 1. The number of thioether (sulfide) groups is 1. The molecule has 6 aromatic rings. The number of rotatable bonds is 11. The molecule has 0 spiro atoms. The van der Waals surface area contributed by atoms with E-state index in [1.807, 2.05) is 30.5 Å². The monoisotopic (exact) mass is 693 g/mol. The van der Waals surface area contributed by atoms with Gasteiger partial charge in [-0.25, -0.2) is 0 Å². The number of para-hydroxylation sites is 1. The van der Waals surface area contributed by atoms with Gasteiger partial charge in [-0.3, -0.25) is 9.98 Å². The molecule has 0 saturated heterocycles. The molecule has 0 saturated carbocycles. The number of nitrogens with zero attached hydrogens (tertiary/aromatic N) is 2. The number of likely N-dealkylation sites (N-methyl/N-ethyl adjacent to an activating group) is 1. The van der Waals surface area contributed by atoms with Gasteiger partial charge in [0.25, 0.3) is 0 Å². The van der Waals surface area contributed by atoms with Crippen LogP contribution in [0.2, 0.25) is 0 Å². The van der Waals surface area contributed by atoms with E-state index in [4.69, 9.17) is 11.6 Å². The maximum Gasteiger partial charge on any atom is 0.0965 e. The normalized spacial score (nSPS) is 13.6. The molecule has 1 atom stereocenters. The van der Waals surface area contributed by atoms with Gasteiger partial charge in [0.15, 0.2) is 0 Å². The molecule has 5 aromatic carbocycles. The SMILES string of the molecule is C=Nc1ccccc1SC(=C)C(NC)(C1=CC=CCC1)c1cc(-c2ccc(-c3ccccc3)nc2)cc(-c2cccc(-c3ccccc3C)c2C)c1. The van der Waals surface area contributed by atoms with E-state index >= 15 is 0 Å². The van der Waals surface area contributed by atoms with Crippen molar-refractivity contribution in [2.45, 2.75) is 37.1 Å². The van der Waals surface area contributed by atoms with Crippen LogP contribution in [0.3, 0.4) is 0 Å². The lowest BCUT2D eigenvalue weighted by Gasteiger charge is -2.40. The molecule has 0 radical (unpaired) electrons. The highest BCUT2D eigenvalue weighted by molar-refractivity contribution is 8.03. The number of hydrogen-bond donors (Lipinski definition) is 1. The lowest BCUT2D eigenvalue weighted by atomic mass is 9.76. The summed E-state index contributed by atoms with van der Waals surface area (Å²) in [7, 11) is 2.05. The van der Waals surface area contributed by atoms with Gasteiger partial charge < -0.3 is 5.32 Å². The summed E-state index contributed by atoms with van der Waals surface area (Å²) in [4.78, 5) is 11.3. The number of aromatic nitrogens is 1. The second-order valence-corrected chi connectivity index (χ2v) is 14.3. The van der Waals surface area contributed by atoms with Crippen molar-refractivity contribution < 1.29 is 0 Å². The lowest BCUT2D eigenvalue weighted by Crippen LogP contribution is -2.43. The van der Waals surface area contributed by atoms with Crippen LogP contribution in [0.15, 0.2) is 179 Å². The minimum Gasteiger partial charge on any atom is -0.303 e. The van der Waals surface area contributed by atoms with Gasteiger partial charge in [0.1, 0.15) is 0 Å². The molecular formula is C48H43N3S. The van der Waals surface area contributed by atoms with Crippen LogP contribution >= 0.6 is 11.8 Å². The van der Waals surface area contributed by atoms with E-state index < -0.39 is 5.54 Å². The fraction of sp³-hybridized carbons (Fsp3) is 0.125. The predicted molar refractivity (Wildman–Crippen MR) is 223 cm³/mol. The van der Waals surface area contributed by atoms with Gasteiger partial charge in [0, 0.05) is 27.1 Å². The van der Waals surface area contributed by atoms with Crippen molar-refractivity contribution in [2.24, 2.45) is 4.99 Å². The van der Waals surface area contributed by atoms with Crippen molar-refractivity contribution in [1.82, 2.24) is 10.3 Å². The van der Waals surface area contributed by atoms with Crippen LogP contribution in [0.5, 0.6) is 0 Å². The summed E-state index contributed by atoms with van der Waals surface area (Å²) < 4.78 is 0. The average Bonchev–Trinajstić information content (AvgIpc) is 3.20. The van der Waals surface area contributed by atoms with Crippen molar-refractivity contribution >= 4 is 24.2 Å². The smallest absolute Gasteiger partial charge is 0.0965 e. The Morgan fingerprint density at radius 1 is 0.750 bits per heavy atom. The first-order valence-corrected chi connectivity index (χ1v) is 18.6.